The van der Waals surface area contributed by atoms with Gasteiger partial charge in [-0.3, -0.25) is 9.59 Å². The van der Waals surface area contributed by atoms with Crippen molar-refractivity contribution < 1.29 is 38.4 Å². The number of carbonyl (C=O) groups excluding carboxylic acids is 1. The lowest BCUT2D eigenvalue weighted by atomic mass is 10.1. The van der Waals surface area contributed by atoms with Gasteiger partial charge in [0.05, 0.1) is 82.8 Å². The predicted molar refractivity (Wildman–Crippen MR) is 183 cm³/mol. The van der Waals surface area contributed by atoms with Crippen LogP contribution in [0, 0.1) is 31.8 Å². The molecule has 48 heavy (non-hydrogen) atoms. The van der Waals surface area contributed by atoms with Crippen molar-refractivity contribution in [1.29, 1.82) is 5.26 Å². The van der Waals surface area contributed by atoms with E-state index >= 15 is 0 Å². The van der Waals surface area contributed by atoms with Crippen molar-refractivity contribution in [3.8, 4) is 6.07 Å². The summed E-state index contributed by atoms with van der Waals surface area (Å²) in [4.78, 5) is 28.1. The largest absolute Gasteiger partial charge is 0.481 e. The lowest BCUT2D eigenvalue weighted by Crippen LogP contribution is -2.29. The second-order valence-electron chi connectivity index (χ2n) is 10.7. The normalized spacial score (nSPS) is 11.0. The highest BCUT2D eigenvalue weighted by atomic mass is 32.1. The third-order valence-electron chi connectivity index (χ3n) is 7.04. The number of benzene rings is 1. The summed E-state index contributed by atoms with van der Waals surface area (Å²) in [6.07, 6.45) is 4.23. The molecule has 2 rings (SSSR count). The third-order valence-corrected chi connectivity index (χ3v) is 8.11. The number of azo groups is 1. The van der Waals surface area contributed by atoms with Crippen LogP contribution in [0.4, 0.5) is 22.1 Å². The van der Waals surface area contributed by atoms with Crippen LogP contribution in [0.5, 0.6) is 0 Å². The van der Waals surface area contributed by atoms with Crippen molar-refractivity contribution in [3.63, 3.8) is 0 Å². The minimum absolute atomic E-state index is 0.0750. The number of carboxylic acids is 1. The van der Waals surface area contributed by atoms with E-state index in [4.69, 9.17) is 35.4 Å². The van der Waals surface area contributed by atoms with Gasteiger partial charge in [0.1, 0.15) is 17.7 Å². The quantitative estimate of drug-likeness (QED) is 0.0470. The van der Waals surface area contributed by atoms with E-state index in [9.17, 15) is 14.9 Å². The van der Waals surface area contributed by atoms with Crippen molar-refractivity contribution >= 4 is 45.3 Å². The van der Waals surface area contributed by atoms with E-state index in [0.717, 1.165) is 30.8 Å². The van der Waals surface area contributed by atoms with Gasteiger partial charge in [0, 0.05) is 18.8 Å². The molecule has 1 heterocycles. The summed E-state index contributed by atoms with van der Waals surface area (Å²) >= 11 is 1.18. The van der Waals surface area contributed by atoms with Crippen molar-refractivity contribution in [2.45, 2.75) is 59.3 Å². The Balaban J connectivity index is 1.68. The van der Waals surface area contributed by atoms with Gasteiger partial charge >= 0.3 is 11.9 Å². The smallest absolute Gasteiger partial charge is 0.306 e. The molecule has 0 fully saturated rings. The molecule has 2 aromatic rings. The number of aliphatic carboxylic acids is 1. The number of esters is 1. The van der Waals surface area contributed by atoms with E-state index in [2.05, 4.69) is 39.0 Å². The summed E-state index contributed by atoms with van der Waals surface area (Å²) in [5.41, 5.74) is 3.78. The maximum Gasteiger partial charge on any atom is 0.306 e. The Hall–Kier alpha value is -3.92. The van der Waals surface area contributed by atoms with E-state index in [1.807, 2.05) is 19.1 Å². The Morgan fingerprint density at radius 3 is 2.15 bits per heavy atom. The van der Waals surface area contributed by atoms with Crippen LogP contribution in [-0.4, -0.2) is 89.6 Å². The average Bonchev–Trinajstić information content (AvgIpc) is 3.39. The fourth-order valence-electron chi connectivity index (χ4n) is 4.38. The van der Waals surface area contributed by atoms with Gasteiger partial charge in [0.2, 0.25) is 5.69 Å². The molecular weight excluding hydrogens is 638 g/mol. The van der Waals surface area contributed by atoms with Crippen molar-refractivity contribution in [2.24, 2.45) is 10.2 Å². The highest BCUT2D eigenvalue weighted by Crippen LogP contribution is 2.42. The van der Waals surface area contributed by atoms with Crippen LogP contribution in [0.25, 0.3) is 4.85 Å². The number of aryl methyl sites for hydroxylation is 1. The summed E-state index contributed by atoms with van der Waals surface area (Å²) in [5, 5.41) is 27.0. The number of carbonyl (C=O) groups is 2. The first-order valence-corrected chi connectivity index (χ1v) is 17.0. The molecule has 0 aliphatic carbocycles. The molecule has 1 aromatic heterocycles. The summed E-state index contributed by atoms with van der Waals surface area (Å²) < 4.78 is 27.1. The number of ether oxygens (including phenoxy) is 5. The lowest BCUT2D eigenvalue weighted by Gasteiger charge is -2.25. The number of thiophene rings is 1. The van der Waals surface area contributed by atoms with Crippen LogP contribution >= 0.6 is 11.3 Å². The summed E-state index contributed by atoms with van der Waals surface area (Å²) in [7, 11) is 0. The second kappa shape index (κ2) is 24.3. The summed E-state index contributed by atoms with van der Waals surface area (Å²) in [5.74, 6) is -1.59. The van der Waals surface area contributed by atoms with Crippen LogP contribution in [0.1, 0.15) is 61.5 Å². The van der Waals surface area contributed by atoms with Crippen LogP contribution in [0.15, 0.2) is 28.4 Å². The van der Waals surface area contributed by atoms with Crippen molar-refractivity contribution in [2.75, 3.05) is 77.5 Å². The van der Waals surface area contributed by atoms with Crippen LogP contribution < -0.4 is 4.90 Å². The SMILES string of the molecule is [C-]#[N+]c1c(N=Nc2ccc(N(CCCCCC)CCOCCOCCOCCOCCOC(=O)CCC(=O)O)cc2C)sc(C#N)c1C. The Morgan fingerprint density at radius 1 is 0.917 bits per heavy atom. The molecule has 13 nitrogen and oxygen atoms in total. The summed E-state index contributed by atoms with van der Waals surface area (Å²) in [6.45, 7) is 18.4. The fraction of sp³-hybridized carbons (Fsp3) is 0.588. The average molecular weight is 686 g/mol. The van der Waals surface area contributed by atoms with Gasteiger partial charge in [0.15, 0.2) is 0 Å². The molecule has 14 heteroatoms. The maximum absolute atomic E-state index is 11.3. The molecule has 0 bridgehead atoms. The molecule has 0 atom stereocenters. The monoisotopic (exact) mass is 685 g/mol. The number of hydrogen-bond acceptors (Lipinski definition) is 12. The molecule has 1 aromatic carbocycles. The number of nitrogens with zero attached hydrogens (tertiary/aromatic N) is 5. The van der Waals surface area contributed by atoms with Crippen molar-refractivity contribution in [1.82, 2.24) is 0 Å². The first-order valence-electron chi connectivity index (χ1n) is 16.2. The Morgan fingerprint density at radius 2 is 1.56 bits per heavy atom. The minimum Gasteiger partial charge on any atom is -0.481 e. The number of carboxylic acid groups (broad SMARTS) is 1. The summed E-state index contributed by atoms with van der Waals surface area (Å²) in [6, 6.07) is 8.18. The predicted octanol–water partition coefficient (Wildman–Crippen LogP) is 7.06. The fourth-order valence-corrected chi connectivity index (χ4v) is 5.24. The molecule has 0 saturated heterocycles. The van der Waals surface area contributed by atoms with E-state index in [1.165, 1.54) is 30.6 Å². The zero-order valence-electron chi connectivity index (χ0n) is 28.2. The Kier molecular flexibility index (Phi) is 20.3. The molecule has 262 valence electrons. The topological polar surface area (TPSA) is 157 Å². The molecule has 0 aliphatic heterocycles. The first kappa shape index (κ1) is 40.3. The molecule has 1 N–H and O–H groups in total. The van der Waals surface area contributed by atoms with E-state index in [1.54, 1.807) is 6.92 Å². The molecule has 0 spiro atoms. The van der Waals surface area contributed by atoms with Gasteiger partial charge in [-0.2, -0.15) is 15.5 Å². The Bertz CT molecular complexity index is 1380. The highest BCUT2D eigenvalue weighted by molar-refractivity contribution is 7.17. The molecule has 0 saturated carbocycles. The van der Waals surface area contributed by atoms with Gasteiger partial charge < -0.3 is 33.7 Å². The van der Waals surface area contributed by atoms with E-state index in [-0.39, 0.29) is 26.1 Å². The first-order chi connectivity index (χ1) is 23.3. The number of unbranched alkanes of at least 4 members (excludes halogenated alkanes) is 3. The van der Waals surface area contributed by atoms with Gasteiger partial charge in [-0.05, 0) is 49.6 Å². The van der Waals surface area contributed by atoms with E-state index in [0.29, 0.717) is 73.1 Å². The molecule has 0 aliphatic rings. The third kappa shape index (κ3) is 15.8. The number of rotatable bonds is 26. The standard InChI is InChI=1S/C34H47N5O8S/c1-5-6-7-8-13-39(28-9-10-29(26(2)24-28)37-38-34-33(36-4)27(3)30(25-35)48-34)14-15-43-16-17-44-18-19-45-20-21-46-22-23-47-32(42)12-11-31(40)41/h9-10,24H,5-8,11-23H2,1-3H3,(H,40,41). The van der Waals surface area contributed by atoms with Gasteiger partial charge in [-0.1, -0.05) is 26.2 Å². The molecular formula is C34H47N5O8S. The van der Waals surface area contributed by atoms with E-state index < -0.39 is 11.9 Å². The van der Waals surface area contributed by atoms with Gasteiger partial charge in [-0.15, -0.1) is 11.3 Å². The number of hydrogen-bond donors (Lipinski definition) is 1. The number of nitriles is 1. The van der Waals surface area contributed by atoms with Crippen LogP contribution in [0.3, 0.4) is 0 Å². The minimum atomic E-state index is -1.04. The second-order valence-corrected chi connectivity index (χ2v) is 11.7. The number of anilines is 1. The zero-order valence-corrected chi connectivity index (χ0v) is 29.0. The molecule has 0 radical (unpaired) electrons. The zero-order chi connectivity index (χ0) is 35.0. The molecule has 0 amide bonds. The van der Waals surface area contributed by atoms with Gasteiger partial charge in [0.25, 0.3) is 0 Å². The highest BCUT2D eigenvalue weighted by Gasteiger charge is 2.15. The van der Waals surface area contributed by atoms with Crippen LogP contribution in [-0.2, 0) is 33.3 Å². The molecule has 0 unspecified atom stereocenters. The van der Waals surface area contributed by atoms with Crippen molar-refractivity contribution in [3.05, 3.63) is 45.6 Å². The Labute approximate surface area is 287 Å². The lowest BCUT2D eigenvalue weighted by molar-refractivity contribution is -0.149. The maximum atomic E-state index is 11.3. The van der Waals surface area contributed by atoms with Crippen LogP contribution in [0.2, 0.25) is 0 Å². The van der Waals surface area contributed by atoms with Gasteiger partial charge in [-0.25, -0.2) is 4.85 Å².